The van der Waals surface area contributed by atoms with E-state index in [1.54, 1.807) is 11.8 Å². The zero-order chi connectivity index (χ0) is 18.5. The molecular weight excluding hydrogens is 359 g/mol. The van der Waals surface area contributed by atoms with Crippen LogP contribution in [-0.4, -0.2) is 45.9 Å². The number of hydrogen-bond acceptors (Lipinski definition) is 3. The highest BCUT2D eigenvalue weighted by molar-refractivity contribution is 6.32. The molecule has 1 aromatic heterocycles. The van der Waals surface area contributed by atoms with E-state index in [2.05, 4.69) is 5.10 Å². The molecule has 5 nitrogen and oxygen atoms in total. The van der Waals surface area contributed by atoms with Gasteiger partial charge >= 0.3 is 6.18 Å². The van der Waals surface area contributed by atoms with E-state index in [0.717, 1.165) is 12.8 Å². The minimum atomic E-state index is -4.64. The Kier molecular flexibility index (Phi) is 4.79. The third-order valence-electron chi connectivity index (χ3n) is 4.58. The van der Waals surface area contributed by atoms with Gasteiger partial charge in [-0.2, -0.15) is 18.3 Å². The topological polar surface area (TPSA) is 47.4 Å². The van der Waals surface area contributed by atoms with Crippen LogP contribution in [0.1, 0.15) is 57.0 Å². The van der Waals surface area contributed by atoms with Crippen LogP contribution in [0, 0.1) is 0 Å². The first-order valence-corrected chi connectivity index (χ1v) is 8.76. The quantitative estimate of drug-likeness (QED) is 0.805. The van der Waals surface area contributed by atoms with Gasteiger partial charge in [-0.3, -0.25) is 9.48 Å². The van der Waals surface area contributed by atoms with Crippen molar-refractivity contribution >= 4 is 17.5 Å². The first kappa shape index (κ1) is 18.5. The summed E-state index contributed by atoms with van der Waals surface area (Å²) in [6, 6.07) is -0.846. The van der Waals surface area contributed by atoms with Crippen LogP contribution in [0.2, 0.25) is 5.02 Å². The lowest BCUT2D eigenvalue weighted by Crippen LogP contribution is -2.50. The van der Waals surface area contributed by atoms with Gasteiger partial charge in [-0.1, -0.05) is 11.6 Å². The molecule has 3 rings (SSSR count). The molecule has 1 aliphatic heterocycles. The zero-order valence-electron chi connectivity index (χ0n) is 14.3. The Hall–Kier alpha value is -1.28. The van der Waals surface area contributed by atoms with Gasteiger partial charge in [-0.05, 0) is 33.6 Å². The molecule has 0 unspecified atom stereocenters. The number of ether oxygens (including phenoxy) is 1. The first-order chi connectivity index (χ1) is 11.6. The van der Waals surface area contributed by atoms with Crippen molar-refractivity contribution in [2.24, 2.45) is 0 Å². The molecule has 9 heteroatoms. The minimum absolute atomic E-state index is 0.0612. The highest BCUT2D eigenvalue weighted by Gasteiger charge is 2.43. The molecule has 2 fully saturated rings. The van der Waals surface area contributed by atoms with Crippen molar-refractivity contribution in [1.29, 1.82) is 0 Å². The molecule has 0 bridgehead atoms. The van der Waals surface area contributed by atoms with Gasteiger partial charge in [0.2, 0.25) is 5.91 Å². The fourth-order valence-electron chi connectivity index (χ4n) is 3.35. The van der Waals surface area contributed by atoms with E-state index in [1.165, 1.54) is 4.68 Å². The van der Waals surface area contributed by atoms with Gasteiger partial charge < -0.3 is 9.64 Å². The number of rotatable bonds is 3. The highest BCUT2D eigenvalue weighted by atomic mass is 35.5. The molecule has 2 aliphatic rings. The van der Waals surface area contributed by atoms with Crippen molar-refractivity contribution in [2.45, 2.75) is 64.0 Å². The molecule has 1 saturated heterocycles. The Labute approximate surface area is 149 Å². The van der Waals surface area contributed by atoms with Crippen molar-refractivity contribution in [1.82, 2.24) is 14.7 Å². The predicted octanol–water partition coefficient (Wildman–Crippen LogP) is 3.63. The third-order valence-corrected chi connectivity index (χ3v) is 4.95. The summed E-state index contributed by atoms with van der Waals surface area (Å²) >= 11 is 5.98. The molecule has 1 aliphatic carbocycles. The molecule has 0 aromatic carbocycles. The lowest BCUT2D eigenvalue weighted by molar-refractivity contribution is -0.147. The average Bonchev–Trinajstić information content (AvgIpc) is 3.26. The Morgan fingerprint density at radius 2 is 1.84 bits per heavy atom. The molecule has 0 spiro atoms. The summed E-state index contributed by atoms with van der Waals surface area (Å²) < 4.78 is 46.3. The summed E-state index contributed by atoms with van der Waals surface area (Å²) in [6.07, 6.45) is -3.36. The number of carbonyl (C=O) groups is 1. The SMILES string of the molecule is C[C@@H]1CN(C(=O)[C@@H](C)n2nc(C(F)(F)F)c(Cl)c2C2CC2)C[C@H](C)O1. The van der Waals surface area contributed by atoms with Crippen LogP contribution in [0.5, 0.6) is 0 Å². The van der Waals surface area contributed by atoms with Gasteiger partial charge in [0, 0.05) is 19.0 Å². The number of carbonyl (C=O) groups excluding carboxylic acids is 1. The second-order valence-electron chi connectivity index (χ2n) is 6.94. The number of amides is 1. The van der Waals surface area contributed by atoms with Gasteiger partial charge in [0.05, 0.1) is 22.9 Å². The molecular formula is C16H21ClF3N3O2. The van der Waals surface area contributed by atoms with Crippen LogP contribution in [0.25, 0.3) is 0 Å². The average molecular weight is 380 g/mol. The summed E-state index contributed by atoms with van der Waals surface area (Å²) in [4.78, 5) is 14.5. The third kappa shape index (κ3) is 3.65. The highest BCUT2D eigenvalue weighted by Crippen LogP contribution is 2.47. The van der Waals surface area contributed by atoms with Crippen molar-refractivity contribution in [3.63, 3.8) is 0 Å². The largest absolute Gasteiger partial charge is 0.436 e. The molecule has 1 amide bonds. The Morgan fingerprint density at radius 1 is 1.28 bits per heavy atom. The monoisotopic (exact) mass is 379 g/mol. The van der Waals surface area contributed by atoms with Gasteiger partial charge in [0.15, 0.2) is 5.69 Å². The van der Waals surface area contributed by atoms with Crippen LogP contribution in [-0.2, 0) is 15.7 Å². The van der Waals surface area contributed by atoms with Crippen molar-refractivity contribution in [3.05, 3.63) is 16.4 Å². The Bertz CT molecular complexity index is 662. The Morgan fingerprint density at radius 3 is 2.32 bits per heavy atom. The molecule has 140 valence electrons. The molecule has 1 saturated carbocycles. The van der Waals surface area contributed by atoms with E-state index in [4.69, 9.17) is 16.3 Å². The van der Waals surface area contributed by atoms with Crippen LogP contribution in [0.4, 0.5) is 13.2 Å². The van der Waals surface area contributed by atoms with Gasteiger partial charge in [-0.25, -0.2) is 0 Å². The number of nitrogens with zero attached hydrogens (tertiary/aromatic N) is 3. The number of hydrogen-bond donors (Lipinski definition) is 0. The molecule has 25 heavy (non-hydrogen) atoms. The molecule has 3 atom stereocenters. The van der Waals surface area contributed by atoms with Crippen molar-refractivity contribution in [2.75, 3.05) is 13.1 Å². The summed E-state index contributed by atoms with van der Waals surface area (Å²) in [5, 5.41) is 3.30. The van der Waals surface area contributed by atoms with Crippen LogP contribution < -0.4 is 0 Å². The number of halogens is 4. The van der Waals surface area contributed by atoms with Gasteiger partial charge in [0.1, 0.15) is 6.04 Å². The maximum Gasteiger partial charge on any atom is 0.436 e. The molecule has 0 radical (unpaired) electrons. The second kappa shape index (κ2) is 6.46. The van der Waals surface area contributed by atoms with Crippen LogP contribution >= 0.6 is 11.6 Å². The fraction of sp³-hybridized carbons (Fsp3) is 0.750. The van der Waals surface area contributed by atoms with Gasteiger partial charge in [0.25, 0.3) is 0 Å². The van der Waals surface area contributed by atoms with Crippen LogP contribution in [0.15, 0.2) is 0 Å². The summed E-state index contributed by atoms with van der Waals surface area (Å²) in [5.41, 5.74) is -0.788. The number of alkyl halides is 3. The van der Waals surface area contributed by atoms with E-state index in [0.29, 0.717) is 18.8 Å². The molecule has 1 aromatic rings. The predicted molar refractivity (Wildman–Crippen MR) is 85.5 cm³/mol. The maximum absolute atomic E-state index is 13.2. The lowest BCUT2D eigenvalue weighted by atomic mass is 10.2. The number of aromatic nitrogens is 2. The van der Waals surface area contributed by atoms with Crippen LogP contribution in [0.3, 0.4) is 0 Å². The van der Waals surface area contributed by atoms with Gasteiger partial charge in [-0.15, -0.1) is 0 Å². The maximum atomic E-state index is 13.2. The fourth-order valence-corrected chi connectivity index (χ4v) is 3.74. The molecule has 2 heterocycles. The smallest absolute Gasteiger partial charge is 0.372 e. The summed E-state index contributed by atoms with van der Waals surface area (Å²) in [6.45, 7) is 6.12. The zero-order valence-corrected chi connectivity index (χ0v) is 15.1. The van der Waals surface area contributed by atoms with E-state index in [1.807, 2.05) is 13.8 Å². The lowest BCUT2D eigenvalue weighted by Gasteiger charge is -2.36. The first-order valence-electron chi connectivity index (χ1n) is 8.39. The summed E-state index contributed by atoms with van der Waals surface area (Å²) in [7, 11) is 0. The van der Waals surface area contributed by atoms with E-state index in [-0.39, 0.29) is 29.1 Å². The van der Waals surface area contributed by atoms with E-state index < -0.39 is 17.9 Å². The standard InChI is InChI=1S/C16H21ClF3N3O2/c1-8-6-22(7-9(2)25-8)15(24)10(3)23-13(11-4-5-11)12(17)14(21-23)16(18,19)20/h8-11H,4-7H2,1-3H3/t8-,9+,10-/m1/s1. The van der Waals surface area contributed by atoms with Crippen molar-refractivity contribution in [3.8, 4) is 0 Å². The van der Waals surface area contributed by atoms with Crippen molar-refractivity contribution < 1.29 is 22.7 Å². The van der Waals surface area contributed by atoms with E-state index in [9.17, 15) is 18.0 Å². The second-order valence-corrected chi connectivity index (χ2v) is 7.32. The minimum Gasteiger partial charge on any atom is -0.372 e. The summed E-state index contributed by atoms with van der Waals surface area (Å²) in [5.74, 6) is -0.328. The molecule has 0 N–H and O–H groups in total. The van der Waals surface area contributed by atoms with E-state index >= 15 is 0 Å². The normalized spacial score (nSPS) is 26.0. The number of morpholine rings is 1. The Balaban J connectivity index is 1.91.